The molecule has 0 aliphatic heterocycles. The molecular weight excluding hydrogens is 196 g/mol. The van der Waals surface area contributed by atoms with Crippen LogP contribution in [0.1, 0.15) is 22.1 Å². The van der Waals surface area contributed by atoms with Gasteiger partial charge in [0, 0.05) is 0 Å². The Kier molecular flexibility index (Phi) is 2.56. The number of rotatable bonds is 2. The number of benzene rings is 1. The second-order valence-electron chi connectivity index (χ2n) is 3.08. The molecule has 0 fully saturated rings. The molecule has 1 N–H and O–H groups in total. The lowest BCUT2D eigenvalue weighted by Crippen LogP contribution is -1.99. The van der Waals surface area contributed by atoms with Gasteiger partial charge in [-0.2, -0.15) is 0 Å². The monoisotopic (exact) mass is 206 g/mol. The van der Waals surface area contributed by atoms with E-state index >= 15 is 0 Å². The molecule has 72 valence electrons. The summed E-state index contributed by atoms with van der Waals surface area (Å²) in [5, 5.41) is 13.7. The maximum atomic E-state index is 9.99. The quantitative estimate of drug-likeness (QED) is 0.816. The lowest BCUT2D eigenvalue weighted by Gasteiger charge is -2.10. The van der Waals surface area contributed by atoms with Gasteiger partial charge in [-0.25, -0.2) is 0 Å². The average Bonchev–Trinajstić information content (AvgIpc) is 2.70. The number of nitrogens with zero attached hydrogens (tertiary/aromatic N) is 2. The Morgan fingerprint density at radius 3 is 2.79 bits per heavy atom. The Morgan fingerprint density at radius 1 is 1.36 bits per heavy atom. The highest BCUT2D eigenvalue weighted by molar-refractivity contribution is 7.05. The zero-order valence-electron chi connectivity index (χ0n) is 7.71. The Bertz CT molecular complexity index is 414. The molecular formula is C10H10N2OS. The number of aliphatic hydroxyl groups excluding tert-OH is 1. The molecule has 1 aromatic heterocycles. The van der Waals surface area contributed by atoms with Gasteiger partial charge in [0.25, 0.3) is 0 Å². The van der Waals surface area contributed by atoms with Crippen molar-refractivity contribution in [2.24, 2.45) is 0 Å². The van der Waals surface area contributed by atoms with E-state index in [-0.39, 0.29) is 0 Å². The molecule has 1 heterocycles. The Balaban J connectivity index is 2.37. The van der Waals surface area contributed by atoms with Crippen molar-refractivity contribution >= 4 is 11.5 Å². The Morgan fingerprint density at radius 2 is 2.14 bits per heavy atom. The summed E-state index contributed by atoms with van der Waals surface area (Å²) in [6, 6.07) is 7.77. The van der Waals surface area contributed by atoms with Crippen LogP contribution in [0.25, 0.3) is 0 Å². The lowest BCUT2D eigenvalue weighted by atomic mass is 10.0. The van der Waals surface area contributed by atoms with Gasteiger partial charge in [-0.3, -0.25) is 0 Å². The third-order valence-electron chi connectivity index (χ3n) is 2.13. The van der Waals surface area contributed by atoms with E-state index in [1.807, 2.05) is 31.2 Å². The highest BCUT2D eigenvalue weighted by atomic mass is 32.1. The molecule has 0 bridgehead atoms. The summed E-state index contributed by atoms with van der Waals surface area (Å²) >= 11 is 1.22. The summed E-state index contributed by atoms with van der Waals surface area (Å²) in [6.07, 6.45) is 0.998. The van der Waals surface area contributed by atoms with Crippen LogP contribution in [0.2, 0.25) is 0 Å². The maximum Gasteiger partial charge on any atom is 0.117 e. The van der Waals surface area contributed by atoms with E-state index in [1.165, 1.54) is 11.5 Å². The van der Waals surface area contributed by atoms with Crippen LogP contribution in [0, 0.1) is 6.92 Å². The topological polar surface area (TPSA) is 46.0 Å². The molecule has 4 heteroatoms. The fourth-order valence-electron chi connectivity index (χ4n) is 1.34. The summed E-state index contributed by atoms with van der Waals surface area (Å²) in [5.41, 5.74) is 1.99. The smallest absolute Gasteiger partial charge is 0.117 e. The summed E-state index contributed by atoms with van der Waals surface area (Å²) in [4.78, 5) is 0.777. The van der Waals surface area contributed by atoms with Crippen LogP contribution >= 0.6 is 11.5 Å². The van der Waals surface area contributed by atoms with Gasteiger partial charge >= 0.3 is 0 Å². The average molecular weight is 206 g/mol. The lowest BCUT2D eigenvalue weighted by molar-refractivity contribution is 0.223. The number of aryl methyl sites for hydroxylation is 1. The predicted octanol–water partition coefficient (Wildman–Crippen LogP) is 1.93. The van der Waals surface area contributed by atoms with Gasteiger partial charge in [-0.15, -0.1) is 5.10 Å². The molecule has 0 amide bonds. The normalized spacial score (nSPS) is 12.7. The van der Waals surface area contributed by atoms with E-state index in [2.05, 4.69) is 9.59 Å². The van der Waals surface area contributed by atoms with Crippen molar-refractivity contribution in [3.05, 3.63) is 46.5 Å². The number of hydrogen-bond donors (Lipinski definition) is 1. The van der Waals surface area contributed by atoms with Crippen LogP contribution < -0.4 is 0 Å². The van der Waals surface area contributed by atoms with E-state index in [4.69, 9.17) is 0 Å². The first-order valence-electron chi connectivity index (χ1n) is 4.30. The largest absolute Gasteiger partial charge is 0.383 e. The van der Waals surface area contributed by atoms with E-state index in [9.17, 15) is 5.11 Å². The minimum atomic E-state index is -0.601. The van der Waals surface area contributed by atoms with Gasteiger partial charge in [0.05, 0.1) is 11.1 Å². The van der Waals surface area contributed by atoms with Crippen LogP contribution in [0.5, 0.6) is 0 Å². The Labute approximate surface area is 86.2 Å². The van der Waals surface area contributed by atoms with Crippen molar-refractivity contribution in [1.29, 1.82) is 0 Å². The maximum absolute atomic E-state index is 9.99. The van der Waals surface area contributed by atoms with Crippen LogP contribution in [-0.4, -0.2) is 14.7 Å². The van der Waals surface area contributed by atoms with Crippen molar-refractivity contribution in [1.82, 2.24) is 9.59 Å². The zero-order chi connectivity index (χ0) is 9.97. The molecule has 1 atom stereocenters. The standard InChI is InChI=1S/C10H10N2OS/c1-7-4-2-3-5-8(7)10(13)9-6-11-12-14-9/h2-6,10,13H,1H3. The van der Waals surface area contributed by atoms with Gasteiger partial charge in [-0.05, 0) is 29.6 Å². The Hall–Kier alpha value is -1.26. The molecule has 1 unspecified atom stereocenters. The van der Waals surface area contributed by atoms with Gasteiger partial charge in [0.2, 0.25) is 0 Å². The fraction of sp³-hybridized carbons (Fsp3) is 0.200. The summed E-state index contributed by atoms with van der Waals surface area (Å²) in [5.74, 6) is 0. The molecule has 0 aliphatic carbocycles. The molecule has 0 aliphatic rings. The molecule has 3 nitrogen and oxygen atoms in total. The highest BCUT2D eigenvalue weighted by Crippen LogP contribution is 2.25. The van der Waals surface area contributed by atoms with Crippen molar-refractivity contribution in [3.63, 3.8) is 0 Å². The van der Waals surface area contributed by atoms with Crippen molar-refractivity contribution < 1.29 is 5.11 Å². The molecule has 0 radical (unpaired) electrons. The number of aliphatic hydroxyl groups is 1. The summed E-state index contributed by atoms with van der Waals surface area (Å²) in [7, 11) is 0. The van der Waals surface area contributed by atoms with Gasteiger partial charge < -0.3 is 5.11 Å². The first-order chi connectivity index (χ1) is 6.79. The van der Waals surface area contributed by atoms with Crippen LogP contribution in [-0.2, 0) is 0 Å². The molecule has 0 saturated heterocycles. The number of aromatic nitrogens is 2. The molecule has 2 aromatic rings. The molecule has 1 aromatic carbocycles. The van der Waals surface area contributed by atoms with E-state index < -0.39 is 6.10 Å². The third kappa shape index (κ3) is 1.66. The van der Waals surface area contributed by atoms with Gasteiger partial charge in [0.1, 0.15) is 6.10 Å². The van der Waals surface area contributed by atoms with Crippen molar-refractivity contribution in [2.45, 2.75) is 13.0 Å². The second kappa shape index (κ2) is 3.86. The first-order valence-corrected chi connectivity index (χ1v) is 5.07. The molecule has 0 spiro atoms. The van der Waals surface area contributed by atoms with Crippen molar-refractivity contribution in [2.75, 3.05) is 0 Å². The SMILES string of the molecule is Cc1ccccc1C(O)c1cnns1. The summed E-state index contributed by atoms with van der Waals surface area (Å²) < 4.78 is 3.73. The molecule has 14 heavy (non-hydrogen) atoms. The van der Waals surface area contributed by atoms with Crippen LogP contribution in [0.4, 0.5) is 0 Å². The van der Waals surface area contributed by atoms with E-state index in [1.54, 1.807) is 6.20 Å². The summed E-state index contributed by atoms with van der Waals surface area (Å²) in [6.45, 7) is 1.98. The van der Waals surface area contributed by atoms with Crippen LogP contribution in [0.3, 0.4) is 0 Å². The van der Waals surface area contributed by atoms with Gasteiger partial charge in [-0.1, -0.05) is 28.8 Å². The first kappa shape index (κ1) is 9.30. The third-order valence-corrected chi connectivity index (χ3v) is 2.85. The number of hydrogen-bond acceptors (Lipinski definition) is 4. The minimum Gasteiger partial charge on any atom is -0.383 e. The van der Waals surface area contributed by atoms with Crippen molar-refractivity contribution in [3.8, 4) is 0 Å². The molecule has 2 rings (SSSR count). The van der Waals surface area contributed by atoms with Gasteiger partial charge in [0.15, 0.2) is 0 Å². The second-order valence-corrected chi connectivity index (χ2v) is 3.90. The van der Waals surface area contributed by atoms with E-state index in [0.717, 1.165) is 16.0 Å². The minimum absolute atomic E-state index is 0.601. The highest BCUT2D eigenvalue weighted by Gasteiger charge is 2.14. The van der Waals surface area contributed by atoms with E-state index in [0.29, 0.717) is 0 Å². The molecule has 0 saturated carbocycles. The zero-order valence-corrected chi connectivity index (χ0v) is 8.53. The van der Waals surface area contributed by atoms with Crippen LogP contribution in [0.15, 0.2) is 30.5 Å². The fourth-order valence-corrected chi connectivity index (χ4v) is 1.85. The predicted molar refractivity (Wildman–Crippen MR) is 55.1 cm³/mol.